The second kappa shape index (κ2) is 4.01. The summed E-state index contributed by atoms with van der Waals surface area (Å²) in [5.74, 6) is 0. The molecular weight excluding hydrogens is 172 g/mol. The second-order valence-electron chi connectivity index (χ2n) is 3.38. The highest BCUT2D eigenvalue weighted by molar-refractivity contribution is 5.61. The van der Waals surface area contributed by atoms with E-state index in [1.807, 2.05) is 31.2 Å². The largest absolute Gasteiger partial charge is 0.401 e. The zero-order valence-corrected chi connectivity index (χ0v) is 8.67. The molecule has 1 aromatic rings. The van der Waals surface area contributed by atoms with Gasteiger partial charge in [-0.1, -0.05) is 30.8 Å². The molecule has 0 bridgehead atoms. The molecule has 0 saturated carbocycles. The summed E-state index contributed by atoms with van der Waals surface area (Å²) in [6, 6.07) is 7.87. The Hall–Kier alpha value is -1.70. The molecule has 0 spiro atoms. The van der Waals surface area contributed by atoms with Crippen LogP contribution in [0.5, 0.6) is 0 Å². The van der Waals surface area contributed by atoms with Crippen LogP contribution < -0.4 is 21.9 Å². The average Bonchev–Trinajstić information content (AvgIpc) is 2.16. The van der Waals surface area contributed by atoms with Gasteiger partial charge in [0, 0.05) is 5.70 Å². The van der Waals surface area contributed by atoms with E-state index in [0.717, 1.165) is 16.0 Å². The highest BCUT2D eigenvalue weighted by Gasteiger charge is 1.98. The van der Waals surface area contributed by atoms with Crippen molar-refractivity contribution in [3.8, 4) is 0 Å². The van der Waals surface area contributed by atoms with E-state index in [0.29, 0.717) is 11.4 Å². The van der Waals surface area contributed by atoms with Crippen LogP contribution >= 0.6 is 0 Å². The molecule has 2 nitrogen and oxygen atoms in total. The summed E-state index contributed by atoms with van der Waals surface area (Å²) >= 11 is 0. The topological polar surface area (TPSA) is 52.0 Å². The first kappa shape index (κ1) is 10.4. The minimum Gasteiger partial charge on any atom is -0.401 e. The van der Waals surface area contributed by atoms with E-state index in [-0.39, 0.29) is 0 Å². The van der Waals surface area contributed by atoms with E-state index in [9.17, 15) is 0 Å². The zero-order valence-electron chi connectivity index (χ0n) is 8.67. The molecule has 0 unspecified atom stereocenters. The van der Waals surface area contributed by atoms with Gasteiger partial charge in [0.15, 0.2) is 0 Å². The summed E-state index contributed by atoms with van der Waals surface area (Å²) in [6.45, 7) is 7.69. The molecule has 0 aliphatic carbocycles. The standard InChI is InChI=1S/C12H16N2/c1-8-6-4-5-7-11(8)9(2)12(14)10(3)13/h4-7H,1,13-14H2,2-3H3/b11-9-,12-10-. The number of benzene rings is 1. The van der Waals surface area contributed by atoms with Gasteiger partial charge in [0.25, 0.3) is 0 Å². The van der Waals surface area contributed by atoms with Crippen LogP contribution in [-0.2, 0) is 0 Å². The van der Waals surface area contributed by atoms with Gasteiger partial charge >= 0.3 is 0 Å². The Labute approximate surface area is 84.2 Å². The van der Waals surface area contributed by atoms with E-state index >= 15 is 0 Å². The van der Waals surface area contributed by atoms with Crippen molar-refractivity contribution in [2.45, 2.75) is 13.8 Å². The average molecular weight is 188 g/mol. The predicted molar refractivity (Wildman–Crippen MR) is 61.4 cm³/mol. The van der Waals surface area contributed by atoms with Crippen molar-refractivity contribution in [3.05, 3.63) is 46.1 Å². The van der Waals surface area contributed by atoms with Gasteiger partial charge in [-0.25, -0.2) is 0 Å². The molecule has 2 heteroatoms. The quantitative estimate of drug-likeness (QED) is 0.671. The van der Waals surface area contributed by atoms with Crippen LogP contribution in [-0.4, -0.2) is 0 Å². The fourth-order valence-electron chi connectivity index (χ4n) is 1.33. The van der Waals surface area contributed by atoms with E-state index in [1.54, 1.807) is 6.92 Å². The van der Waals surface area contributed by atoms with Crippen molar-refractivity contribution < 1.29 is 0 Å². The van der Waals surface area contributed by atoms with E-state index in [2.05, 4.69) is 6.58 Å². The van der Waals surface area contributed by atoms with Gasteiger partial charge in [-0.3, -0.25) is 0 Å². The predicted octanol–water partition coefficient (Wildman–Crippen LogP) is 0.416. The zero-order chi connectivity index (χ0) is 10.7. The van der Waals surface area contributed by atoms with Crippen molar-refractivity contribution >= 4 is 12.2 Å². The maximum Gasteiger partial charge on any atom is 0.0537 e. The van der Waals surface area contributed by atoms with E-state index in [1.165, 1.54) is 0 Å². The maximum atomic E-state index is 5.85. The van der Waals surface area contributed by atoms with Crippen LogP contribution in [0.2, 0.25) is 0 Å². The Balaban J connectivity index is 3.55. The first-order valence-corrected chi connectivity index (χ1v) is 4.51. The summed E-state index contributed by atoms with van der Waals surface area (Å²) < 4.78 is 0. The molecule has 1 rings (SSSR count). The Kier molecular flexibility index (Phi) is 2.97. The van der Waals surface area contributed by atoms with Crippen molar-refractivity contribution in [3.63, 3.8) is 0 Å². The van der Waals surface area contributed by atoms with Crippen LogP contribution in [0.4, 0.5) is 0 Å². The molecule has 0 aliphatic rings. The number of rotatable bonds is 1. The molecule has 4 N–H and O–H groups in total. The lowest BCUT2D eigenvalue weighted by Crippen LogP contribution is -2.26. The monoisotopic (exact) mass is 188 g/mol. The van der Waals surface area contributed by atoms with E-state index < -0.39 is 0 Å². The molecule has 0 saturated heterocycles. The molecule has 0 aromatic heterocycles. The number of nitrogens with two attached hydrogens (primary N) is 2. The SMILES string of the molecule is C=c1cccc/c1=C(C)/C(N)=C(\C)N. The van der Waals surface area contributed by atoms with Gasteiger partial charge in [0.2, 0.25) is 0 Å². The van der Waals surface area contributed by atoms with Gasteiger partial charge in [-0.15, -0.1) is 0 Å². The molecule has 0 atom stereocenters. The summed E-state index contributed by atoms with van der Waals surface area (Å²) in [5.41, 5.74) is 13.8. The first-order chi connectivity index (χ1) is 6.54. The molecule has 0 radical (unpaired) electrons. The van der Waals surface area contributed by atoms with E-state index in [4.69, 9.17) is 11.5 Å². The normalized spacial score (nSPS) is 14.7. The molecule has 0 heterocycles. The smallest absolute Gasteiger partial charge is 0.0537 e. The summed E-state index contributed by atoms with van der Waals surface area (Å²) in [7, 11) is 0. The summed E-state index contributed by atoms with van der Waals surface area (Å²) in [6.07, 6.45) is 0. The summed E-state index contributed by atoms with van der Waals surface area (Å²) in [4.78, 5) is 0. The highest BCUT2D eigenvalue weighted by Crippen LogP contribution is 2.02. The third kappa shape index (κ3) is 1.96. The molecular formula is C12H16N2. The Morgan fingerprint density at radius 2 is 1.71 bits per heavy atom. The minimum atomic E-state index is 0.640. The maximum absolute atomic E-state index is 5.85. The van der Waals surface area contributed by atoms with Crippen molar-refractivity contribution in [1.29, 1.82) is 0 Å². The van der Waals surface area contributed by atoms with Crippen molar-refractivity contribution in [2.24, 2.45) is 11.5 Å². The fourth-order valence-corrected chi connectivity index (χ4v) is 1.33. The Bertz CT molecular complexity index is 465. The third-order valence-corrected chi connectivity index (χ3v) is 2.25. The fraction of sp³-hybridized carbons (Fsp3) is 0.167. The van der Waals surface area contributed by atoms with Crippen LogP contribution in [0, 0.1) is 0 Å². The third-order valence-electron chi connectivity index (χ3n) is 2.25. The van der Waals surface area contributed by atoms with Crippen LogP contribution in [0.15, 0.2) is 35.7 Å². The summed E-state index contributed by atoms with van der Waals surface area (Å²) in [5, 5.41) is 2.02. The molecule has 0 amide bonds. The lowest BCUT2D eigenvalue weighted by molar-refractivity contribution is 1.20. The molecule has 0 aliphatic heterocycles. The van der Waals surface area contributed by atoms with Crippen LogP contribution in [0.1, 0.15) is 13.8 Å². The lowest BCUT2D eigenvalue weighted by Gasteiger charge is -2.04. The Morgan fingerprint density at radius 1 is 1.14 bits per heavy atom. The van der Waals surface area contributed by atoms with Gasteiger partial charge in [0.05, 0.1) is 5.70 Å². The Morgan fingerprint density at radius 3 is 2.21 bits per heavy atom. The van der Waals surface area contributed by atoms with Crippen molar-refractivity contribution in [1.82, 2.24) is 0 Å². The number of hydrogen-bond acceptors (Lipinski definition) is 2. The van der Waals surface area contributed by atoms with Crippen molar-refractivity contribution in [2.75, 3.05) is 0 Å². The minimum absolute atomic E-state index is 0.640. The molecule has 1 aromatic carbocycles. The molecule has 0 fully saturated rings. The second-order valence-corrected chi connectivity index (χ2v) is 3.38. The molecule has 74 valence electrons. The van der Waals surface area contributed by atoms with Gasteiger partial charge in [-0.05, 0) is 29.9 Å². The highest BCUT2D eigenvalue weighted by atomic mass is 14.7. The van der Waals surface area contributed by atoms with Gasteiger partial charge in [-0.2, -0.15) is 0 Å². The lowest BCUT2D eigenvalue weighted by atomic mass is 10.1. The number of hydrogen-bond donors (Lipinski definition) is 2. The number of allylic oxidation sites excluding steroid dienone is 2. The van der Waals surface area contributed by atoms with Gasteiger partial charge in [0.1, 0.15) is 0 Å². The van der Waals surface area contributed by atoms with Crippen LogP contribution in [0.3, 0.4) is 0 Å². The van der Waals surface area contributed by atoms with Gasteiger partial charge < -0.3 is 11.5 Å². The molecule has 14 heavy (non-hydrogen) atoms. The van der Waals surface area contributed by atoms with Crippen LogP contribution in [0.25, 0.3) is 12.2 Å². The first-order valence-electron chi connectivity index (χ1n) is 4.51.